The molecule has 1 N–H and O–H groups in total. The summed E-state index contributed by atoms with van der Waals surface area (Å²) in [6.45, 7) is 0.928. The summed E-state index contributed by atoms with van der Waals surface area (Å²) in [5, 5.41) is 9.27. The second-order valence-corrected chi connectivity index (χ2v) is 5.22. The van der Waals surface area contributed by atoms with Crippen LogP contribution >= 0.6 is 0 Å². The summed E-state index contributed by atoms with van der Waals surface area (Å²) in [5.41, 5.74) is 1.53. The topological polar surface area (TPSA) is 40.5 Å². The van der Waals surface area contributed by atoms with Gasteiger partial charge in [-0.2, -0.15) is 0 Å². The largest absolute Gasteiger partial charge is 0.478 e. The van der Waals surface area contributed by atoms with Crippen LogP contribution in [-0.2, 0) is 5.41 Å². The quantitative estimate of drug-likeness (QED) is 0.868. The molecule has 0 aliphatic heterocycles. The predicted molar refractivity (Wildman–Crippen MR) is 67.5 cm³/mol. The fourth-order valence-electron chi connectivity index (χ4n) is 2.85. The first-order valence-corrected chi connectivity index (χ1v) is 6.03. The number of hydrogen-bond donors (Lipinski definition) is 1. The SMILES string of the molecule is CN(C)CC1(c2ccccc2C(=O)O)CCC1. The first-order chi connectivity index (χ1) is 8.05. The molecule has 1 aromatic rings. The van der Waals surface area contributed by atoms with E-state index < -0.39 is 5.97 Å². The minimum atomic E-state index is -0.814. The molecule has 92 valence electrons. The lowest BCUT2D eigenvalue weighted by Crippen LogP contribution is -2.44. The third-order valence-electron chi connectivity index (χ3n) is 3.66. The summed E-state index contributed by atoms with van der Waals surface area (Å²) >= 11 is 0. The first kappa shape index (κ1) is 12.1. The minimum absolute atomic E-state index is 0.0541. The van der Waals surface area contributed by atoms with Gasteiger partial charge in [0.2, 0.25) is 0 Å². The van der Waals surface area contributed by atoms with Crippen LogP contribution in [0, 0.1) is 0 Å². The molecule has 3 heteroatoms. The molecule has 0 amide bonds. The summed E-state index contributed by atoms with van der Waals surface area (Å²) in [5.74, 6) is -0.814. The zero-order chi connectivity index (χ0) is 12.5. The number of carboxylic acid groups (broad SMARTS) is 1. The molecule has 0 saturated heterocycles. The lowest BCUT2D eigenvalue weighted by Gasteiger charge is -2.45. The van der Waals surface area contributed by atoms with Crippen molar-refractivity contribution < 1.29 is 9.90 Å². The number of aromatic carboxylic acids is 1. The summed E-state index contributed by atoms with van der Waals surface area (Å²) in [7, 11) is 4.09. The van der Waals surface area contributed by atoms with Crippen LogP contribution in [0.2, 0.25) is 0 Å². The molecule has 0 unspecified atom stereocenters. The van der Waals surface area contributed by atoms with Crippen molar-refractivity contribution in [3.63, 3.8) is 0 Å². The van der Waals surface area contributed by atoms with Gasteiger partial charge in [-0.25, -0.2) is 4.79 Å². The number of rotatable bonds is 4. The standard InChI is InChI=1S/C14H19NO2/c1-15(2)10-14(8-5-9-14)12-7-4-3-6-11(12)13(16)17/h3-4,6-7H,5,8-10H2,1-2H3,(H,16,17). The molecule has 0 heterocycles. The zero-order valence-electron chi connectivity index (χ0n) is 10.4. The second-order valence-electron chi connectivity index (χ2n) is 5.22. The average molecular weight is 233 g/mol. The highest BCUT2D eigenvalue weighted by Gasteiger charge is 2.41. The van der Waals surface area contributed by atoms with Crippen LogP contribution in [0.15, 0.2) is 24.3 Å². The van der Waals surface area contributed by atoms with Gasteiger partial charge in [0.1, 0.15) is 0 Å². The van der Waals surface area contributed by atoms with Gasteiger partial charge >= 0.3 is 5.97 Å². The molecular formula is C14H19NO2. The molecule has 1 aliphatic carbocycles. The smallest absolute Gasteiger partial charge is 0.335 e. The molecule has 2 rings (SSSR count). The van der Waals surface area contributed by atoms with Gasteiger partial charge in [-0.15, -0.1) is 0 Å². The molecular weight excluding hydrogens is 214 g/mol. The van der Waals surface area contributed by atoms with Gasteiger partial charge < -0.3 is 10.0 Å². The molecule has 1 aliphatic rings. The lowest BCUT2D eigenvalue weighted by molar-refractivity contribution is 0.0689. The van der Waals surface area contributed by atoms with Crippen LogP contribution in [0.4, 0.5) is 0 Å². The number of carbonyl (C=O) groups is 1. The van der Waals surface area contributed by atoms with Crippen molar-refractivity contribution in [3.8, 4) is 0 Å². The van der Waals surface area contributed by atoms with E-state index in [1.165, 1.54) is 6.42 Å². The molecule has 1 saturated carbocycles. The Labute approximate surface area is 102 Å². The van der Waals surface area contributed by atoms with E-state index >= 15 is 0 Å². The van der Waals surface area contributed by atoms with E-state index in [0.717, 1.165) is 24.9 Å². The molecule has 3 nitrogen and oxygen atoms in total. The van der Waals surface area contributed by atoms with Gasteiger partial charge in [0.05, 0.1) is 5.56 Å². The maximum absolute atomic E-state index is 11.3. The fourth-order valence-corrected chi connectivity index (χ4v) is 2.85. The maximum atomic E-state index is 11.3. The number of carboxylic acids is 1. The van der Waals surface area contributed by atoms with Crippen LogP contribution in [-0.4, -0.2) is 36.6 Å². The third kappa shape index (κ3) is 2.20. The van der Waals surface area contributed by atoms with Gasteiger partial charge in [-0.1, -0.05) is 24.6 Å². The van der Waals surface area contributed by atoms with Crippen molar-refractivity contribution in [1.82, 2.24) is 4.90 Å². The van der Waals surface area contributed by atoms with Crippen molar-refractivity contribution in [2.45, 2.75) is 24.7 Å². The Bertz CT molecular complexity index is 422. The Kier molecular flexibility index (Phi) is 3.20. The van der Waals surface area contributed by atoms with E-state index in [0.29, 0.717) is 5.56 Å². The Hall–Kier alpha value is -1.35. The molecule has 0 bridgehead atoms. The van der Waals surface area contributed by atoms with E-state index in [2.05, 4.69) is 4.90 Å². The molecule has 0 atom stereocenters. The minimum Gasteiger partial charge on any atom is -0.478 e. The summed E-state index contributed by atoms with van der Waals surface area (Å²) < 4.78 is 0. The highest BCUT2D eigenvalue weighted by atomic mass is 16.4. The van der Waals surface area contributed by atoms with Crippen LogP contribution in [0.25, 0.3) is 0 Å². The fraction of sp³-hybridized carbons (Fsp3) is 0.500. The van der Waals surface area contributed by atoms with E-state index in [1.54, 1.807) is 12.1 Å². The highest BCUT2D eigenvalue weighted by Crippen LogP contribution is 2.45. The highest BCUT2D eigenvalue weighted by molar-refractivity contribution is 5.90. The van der Waals surface area contributed by atoms with Gasteiger partial charge in [-0.3, -0.25) is 0 Å². The van der Waals surface area contributed by atoms with Crippen molar-refractivity contribution in [2.24, 2.45) is 0 Å². The summed E-state index contributed by atoms with van der Waals surface area (Å²) in [6.07, 6.45) is 3.38. The van der Waals surface area contributed by atoms with Crippen molar-refractivity contribution in [2.75, 3.05) is 20.6 Å². The van der Waals surface area contributed by atoms with Crippen LogP contribution in [0.1, 0.15) is 35.2 Å². The van der Waals surface area contributed by atoms with Crippen LogP contribution < -0.4 is 0 Å². The number of nitrogens with zero attached hydrogens (tertiary/aromatic N) is 1. The Balaban J connectivity index is 2.40. The Morgan fingerprint density at radius 1 is 1.35 bits per heavy atom. The van der Waals surface area contributed by atoms with Crippen LogP contribution in [0.5, 0.6) is 0 Å². The molecule has 1 fully saturated rings. The maximum Gasteiger partial charge on any atom is 0.335 e. The zero-order valence-corrected chi connectivity index (χ0v) is 10.4. The number of likely N-dealkylation sites (N-methyl/N-ethyl adjacent to an activating group) is 1. The van der Waals surface area contributed by atoms with E-state index in [9.17, 15) is 9.90 Å². The summed E-state index contributed by atoms with van der Waals surface area (Å²) in [4.78, 5) is 13.4. The van der Waals surface area contributed by atoms with E-state index in [-0.39, 0.29) is 5.41 Å². The molecule has 1 aromatic carbocycles. The normalized spacial score (nSPS) is 17.8. The van der Waals surface area contributed by atoms with Crippen molar-refractivity contribution >= 4 is 5.97 Å². The van der Waals surface area contributed by atoms with Gasteiger partial charge in [-0.05, 0) is 38.6 Å². The van der Waals surface area contributed by atoms with Crippen molar-refractivity contribution in [3.05, 3.63) is 35.4 Å². The van der Waals surface area contributed by atoms with Gasteiger partial charge in [0, 0.05) is 12.0 Å². The Morgan fingerprint density at radius 3 is 2.47 bits per heavy atom. The van der Waals surface area contributed by atoms with E-state index in [1.807, 2.05) is 26.2 Å². The number of hydrogen-bond acceptors (Lipinski definition) is 2. The van der Waals surface area contributed by atoms with Crippen LogP contribution in [0.3, 0.4) is 0 Å². The van der Waals surface area contributed by atoms with Crippen molar-refractivity contribution in [1.29, 1.82) is 0 Å². The average Bonchev–Trinajstić information content (AvgIpc) is 2.23. The molecule has 17 heavy (non-hydrogen) atoms. The molecule has 0 radical (unpaired) electrons. The third-order valence-corrected chi connectivity index (χ3v) is 3.66. The molecule has 0 aromatic heterocycles. The molecule has 0 spiro atoms. The van der Waals surface area contributed by atoms with Gasteiger partial charge in [0.15, 0.2) is 0 Å². The Morgan fingerprint density at radius 2 is 2.00 bits per heavy atom. The van der Waals surface area contributed by atoms with Gasteiger partial charge in [0.25, 0.3) is 0 Å². The monoisotopic (exact) mass is 233 g/mol. The second kappa shape index (κ2) is 4.49. The number of benzene rings is 1. The van der Waals surface area contributed by atoms with E-state index in [4.69, 9.17) is 0 Å². The summed E-state index contributed by atoms with van der Waals surface area (Å²) in [6, 6.07) is 7.44. The first-order valence-electron chi connectivity index (χ1n) is 6.03. The predicted octanol–water partition coefficient (Wildman–Crippen LogP) is 2.37. The lowest BCUT2D eigenvalue weighted by atomic mass is 9.63.